The molecule has 4 rings (SSSR count). The van der Waals surface area contributed by atoms with E-state index >= 15 is 0 Å². The number of hydrogen-bond donors (Lipinski definition) is 1. The summed E-state index contributed by atoms with van der Waals surface area (Å²) in [6.45, 7) is 0. The summed E-state index contributed by atoms with van der Waals surface area (Å²) in [6, 6.07) is 0. The fourth-order valence-corrected chi connectivity index (χ4v) is 4.31. The van der Waals surface area contributed by atoms with Crippen LogP contribution in [-0.4, -0.2) is 48.6 Å². The second kappa shape index (κ2) is 3.58. The summed E-state index contributed by atoms with van der Waals surface area (Å²) >= 11 is 0. The number of hydrogen-bond acceptors (Lipinski definition) is 5. The van der Waals surface area contributed by atoms with Gasteiger partial charge in [-0.15, -0.1) is 0 Å². The van der Waals surface area contributed by atoms with Gasteiger partial charge in [0.1, 0.15) is 0 Å². The van der Waals surface area contributed by atoms with Crippen LogP contribution in [0.4, 0.5) is 0 Å². The summed E-state index contributed by atoms with van der Waals surface area (Å²) in [6.07, 6.45) is 3.00. The third-order valence-corrected chi connectivity index (χ3v) is 4.93. The number of esters is 1. The van der Waals surface area contributed by atoms with E-state index in [-0.39, 0.29) is 24.0 Å². The van der Waals surface area contributed by atoms with Crippen LogP contribution in [-0.2, 0) is 23.8 Å². The highest BCUT2D eigenvalue weighted by molar-refractivity contribution is 5.83. The van der Waals surface area contributed by atoms with Crippen LogP contribution >= 0.6 is 0 Å². The van der Waals surface area contributed by atoms with Crippen LogP contribution in [0.15, 0.2) is 12.2 Å². The van der Waals surface area contributed by atoms with Crippen LogP contribution < -0.4 is 0 Å². The molecule has 8 unspecified atom stereocenters. The number of fused-ring (bicyclic) bond motifs is 9. The lowest BCUT2D eigenvalue weighted by Crippen LogP contribution is -2.49. The molecule has 102 valence electrons. The number of rotatable bonds is 2. The lowest BCUT2D eigenvalue weighted by Gasteiger charge is -2.33. The van der Waals surface area contributed by atoms with E-state index in [1.807, 2.05) is 12.2 Å². The fourth-order valence-electron chi connectivity index (χ4n) is 4.31. The third kappa shape index (κ3) is 1.23. The highest BCUT2D eigenvalue weighted by atomic mass is 16.6. The molecule has 0 radical (unpaired) electrons. The first kappa shape index (κ1) is 11.4. The van der Waals surface area contributed by atoms with Crippen LogP contribution in [0.3, 0.4) is 0 Å². The predicted octanol–water partition coefficient (Wildman–Crippen LogP) is -0.173. The van der Waals surface area contributed by atoms with Crippen molar-refractivity contribution in [1.29, 1.82) is 0 Å². The number of aliphatic carboxylic acids is 1. The van der Waals surface area contributed by atoms with Gasteiger partial charge in [0.2, 0.25) is 0 Å². The van der Waals surface area contributed by atoms with Crippen molar-refractivity contribution in [3.63, 3.8) is 0 Å². The zero-order valence-corrected chi connectivity index (χ0v) is 10.3. The summed E-state index contributed by atoms with van der Waals surface area (Å²) < 4.78 is 16.4. The number of methoxy groups -OCH3 is 1. The minimum absolute atomic E-state index is 0.0492. The van der Waals surface area contributed by atoms with Gasteiger partial charge >= 0.3 is 11.9 Å². The maximum absolute atomic E-state index is 11.9. The van der Waals surface area contributed by atoms with Gasteiger partial charge in [-0.1, -0.05) is 12.2 Å². The zero-order valence-electron chi connectivity index (χ0n) is 10.3. The lowest BCUT2D eigenvalue weighted by atomic mass is 9.65. The van der Waals surface area contributed by atoms with Crippen LogP contribution in [0.1, 0.15) is 0 Å². The van der Waals surface area contributed by atoms with Gasteiger partial charge < -0.3 is 19.3 Å². The summed E-state index contributed by atoms with van der Waals surface area (Å²) in [5.74, 6) is -2.89. The Morgan fingerprint density at radius 1 is 1.05 bits per heavy atom. The molecule has 0 aromatic heterocycles. The van der Waals surface area contributed by atoms with Gasteiger partial charge in [0.15, 0.2) is 0 Å². The second-order valence-electron chi connectivity index (χ2n) is 5.58. The molecular weight excluding hydrogens is 252 g/mol. The molecule has 0 aliphatic carbocycles. The maximum Gasteiger partial charge on any atom is 0.312 e. The molecule has 4 bridgehead atoms. The van der Waals surface area contributed by atoms with Crippen molar-refractivity contribution in [3.05, 3.63) is 12.2 Å². The van der Waals surface area contributed by atoms with Crippen LogP contribution in [0.25, 0.3) is 0 Å². The molecule has 0 aromatic carbocycles. The van der Waals surface area contributed by atoms with Crippen molar-refractivity contribution in [2.75, 3.05) is 7.11 Å². The summed E-state index contributed by atoms with van der Waals surface area (Å²) in [4.78, 5) is 23.4. The molecule has 8 atom stereocenters. The second-order valence-corrected chi connectivity index (χ2v) is 5.58. The fraction of sp³-hybridized carbons (Fsp3) is 0.692. The molecule has 0 saturated carbocycles. The highest BCUT2D eigenvalue weighted by Crippen LogP contribution is 2.58. The SMILES string of the molecule is COC(=O)C1C2OC(C1C(=O)O)C1C3C=CC(O3)C21. The van der Waals surface area contributed by atoms with Crippen molar-refractivity contribution >= 4 is 11.9 Å². The van der Waals surface area contributed by atoms with Crippen LogP contribution in [0.5, 0.6) is 0 Å². The van der Waals surface area contributed by atoms with Crippen molar-refractivity contribution in [2.24, 2.45) is 23.7 Å². The zero-order chi connectivity index (χ0) is 13.3. The van der Waals surface area contributed by atoms with E-state index in [9.17, 15) is 14.7 Å². The first-order chi connectivity index (χ1) is 9.13. The number of carboxylic acids is 1. The summed E-state index contributed by atoms with van der Waals surface area (Å²) in [5, 5.41) is 9.39. The average Bonchev–Trinajstić information content (AvgIpc) is 3.12. The Morgan fingerprint density at radius 3 is 2.16 bits per heavy atom. The average molecular weight is 266 g/mol. The molecule has 19 heavy (non-hydrogen) atoms. The maximum atomic E-state index is 11.9. The Morgan fingerprint density at radius 2 is 1.63 bits per heavy atom. The minimum Gasteiger partial charge on any atom is -0.481 e. The molecule has 0 amide bonds. The Labute approximate surface area is 109 Å². The van der Waals surface area contributed by atoms with Gasteiger partial charge in [-0.05, 0) is 0 Å². The first-order valence-corrected chi connectivity index (χ1v) is 6.43. The largest absolute Gasteiger partial charge is 0.481 e. The van der Waals surface area contributed by atoms with Gasteiger partial charge in [0, 0.05) is 11.8 Å². The normalized spacial score (nSPS) is 52.5. The number of ether oxygens (including phenoxy) is 3. The molecule has 6 heteroatoms. The molecule has 6 nitrogen and oxygen atoms in total. The molecule has 4 heterocycles. The number of carboxylic acid groups (broad SMARTS) is 1. The predicted molar refractivity (Wildman–Crippen MR) is 60.1 cm³/mol. The number of carbonyl (C=O) groups excluding carboxylic acids is 1. The third-order valence-electron chi connectivity index (χ3n) is 4.93. The molecule has 1 N–H and O–H groups in total. The molecule has 0 aromatic rings. The van der Waals surface area contributed by atoms with E-state index in [1.165, 1.54) is 7.11 Å². The van der Waals surface area contributed by atoms with Crippen LogP contribution in [0.2, 0.25) is 0 Å². The Kier molecular flexibility index (Phi) is 2.15. The van der Waals surface area contributed by atoms with Gasteiger partial charge in [-0.3, -0.25) is 9.59 Å². The Hall–Kier alpha value is -1.40. The molecular formula is C13H14O6. The van der Waals surface area contributed by atoms with E-state index in [0.29, 0.717) is 0 Å². The summed E-state index contributed by atoms with van der Waals surface area (Å²) in [7, 11) is 1.28. The van der Waals surface area contributed by atoms with Crippen molar-refractivity contribution in [1.82, 2.24) is 0 Å². The monoisotopic (exact) mass is 266 g/mol. The van der Waals surface area contributed by atoms with E-state index in [2.05, 4.69) is 0 Å². The quantitative estimate of drug-likeness (QED) is 0.552. The van der Waals surface area contributed by atoms with E-state index in [0.717, 1.165) is 0 Å². The molecule has 3 fully saturated rings. The molecule has 0 spiro atoms. The van der Waals surface area contributed by atoms with Crippen LogP contribution in [0, 0.1) is 23.7 Å². The minimum atomic E-state index is -0.992. The summed E-state index contributed by atoms with van der Waals surface area (Å²) in [5.41, 5.74) is 0. The van der Waals surface area contributed by atoms with Crippen molar-refractivity contribution in [3.8, 4) is 0 Å². The molecule has 4 aliphatic rings. The van der Waals surface area contributed by atoms with E-state index in [1.54, 1.807) is 0 Å². The van der Waals surface area contributed by atoms with E-state index in [4.69, 9.17) is 14.2 Å². The lowest BCUT2D eigenvalue weighted by molar-refractivity contribution is -0.157. The molecule has 3 saturated heterocycles. The van der Waals surface area contributed by atoms with Gasteiger partial charge in [0.25, 0.3) is 0 Å². The van der Waals surface area contributed by atoms with Crippen molar-refractivity contribution in [2.45, 2.75) is 24.4 Å². The molecule has 4 aliphatic heterocycles. The van der Waals surface area contributed by atoms with Gasteiger partial charge in [0.05, 0.1) is 43.4 Å². The Bertz CT molecular complexity index is 486. The first-order valence-electron chi connectivity index (χ1n) is 6.43. The Balaban J connectivity index is 1.73. The highest BCUT2D eigenvalue weighted by Gasteiger charge is 2.70. The van der Waals surface area contributed by atoms with E-state index < -0.39 is 36.0 Å². The van der Waals surface area contributed by atoms with Crippen molar-refractivity contribution < 1.29 is 28.9 Å². The van der Waals surface area contributed by atoms with Gasteiger partial charge in [-0.2, -0.15) is 0 Å². The van der Waals surface area contributed by atoms with Gasteiger partial charge in [-0.25, -0.2) is 0 Å². The standard InChI is InChI=1S/C13H14O6/c1-17-13(16)9-8(12(14)15)10-6-4-2-3-5(18-4)7(6)11(9)19-10/h2-11H,1H3,(H,14,15). The number of carbonyl (C=O) groups is 2. The topological polar surface area (TPSA) is 82.1 Å². The smallest absolute Gasteiger partial charge is 0.312 e.